The van der Waals surface area contributed by atoms with Crippen LogP contribution in [0.4, 0.5) is 0 Å². The van der Waals surface area contributed by atoms with Crippen molar-refractivity contribution < 1.29 is 13.2 Å². The number of nitriles is 1. The van der Waals surface area contributed by atoms with Crippen molar-refractivity contribution in [2.45, 2.75) is 24.3 Å². The molecule has 1 aromatic carbocycles. The summed E-state index contributed by atoms with van der Waals surface area (Å²) in [7, 11) is -3.51. The third-order valence-electron chi connectivity index (χ3n) is 4.14. The smallest absolute Gasteiger partial charge is 0.251 e. The number of hydrogen-bond donors (Lipinski definition) is 1. The highest BCUT2D eigenvalue weighted by atomic mass is 35.5. The molecule has 3 rings (SSSR count). The van der Waals surface area contributed by atoms with Gasteiger partial charge >= 0.3 is 0 Å². The van der Waals surface area contributed by atoms with E-state index in [2.05, 4.69) is 20.4 Å². The Kier molecular flexibility index (Phi) is 6.14. The van der Waals surface area contributed by atoms with Gasteiger partial charge in [-0.1, -0.05) is 11.6 Å². The van der Waals surface area contributed by atoms with Crippen LogP contribution in [0, 0.1) is 11.3 Å². The Bertz CT molecular complexity index is 1230. The zero-order chi connectivity index (χ0) is 21.9. The minimum absolute atomic E-state index is 0.0283. The number of hydrogen-bond acceptors (Lipinski definition) is 7. The number of aromatic nitrogens is 4. The first kappa shape index (κ1) is 21.4. The van der Waals surface area contributed by atoms with Crippen LogP contribution in [0.5, 0.6) is 0 Å². The fourth-order valence-electron chi connectivity index (χ4n) is 2.71. The summed E-state index contributed by atoms with van der Waals surface area (Å²) >= 11 is 5.97. The number of rotatable bonds is 6. The monoisotopic (exact) mass is 444 g/mol. The molecule has 30 heavy (non-hydrogen) atoms. The predicted molar refractivity (Wildman–Crippen MR) is 109 cm³/mol. The molecule has 0 radical (unpaired) electrons. The summed E-state index contributed by atoms with van der Waals surface area (Å²) in [6, 6.07) is 8.91. The van der Waals surface area contributed by atoms with Gasteiger partial charge < -0.3 is 5.32 Å². The molecule has 2 aromatic heterocycles. The van der Waals surface area contributed by atoms with E-state index in [1.807, 2.05) is 6.07 Å². The molecule has 0 aliphatic carbocycles. The average molecular weight is 445 g/mol. The van der Waals surface area contributed by atoms with Crippen LogP contribution in [0.1, 0.15) is 28.7 Å². The summed E-state index contributed by atoms with van der Waals surface area (Å²) in [5.74, 6) is 0.591. The summed E-state index contributed by atoms with van der Waals surface area (Å²) in [6.07, 6.45) is 4.20. The van der Waals surface area contributed by atoms with Crippen molar-refractivity contribution >= 4 is 27.3 Å². The largest absolute Gasteiger partial charge is 0.349 e. The molecule has 1 atom stereocenters. The van der Waals surface area contributed by atoms with E-state index >= 15 is 0 Å². The number of carbonyl (C=O) groups is 1. The number of benzene rings is 1. The van der Waals surface area contributed by atoms with Crippen molar-refractivity contribution in [3.63, 3.8) is 0 Å². The van der Waals surface area contributed by atoms with Gasteiger partial charge in [-0.25, -0.2) is 18.4 Å². The lowest BCUT2D eigenvalue weighted by Gasteiger charge is -2.14. The maximum absolute atomic E-state index is 12.6. The molecular formula is C19H17ClN6O3S. The van der Waals surface area contributed by atoms with Gasteiger partial charge in [-0.05, 0) is 37.3 Å². The molecule has 0 aliphatic heterocycles. The van der Waals surface area contributed by atoms with Gasteiger partial charge in [0, 0.05) is 35.5 Å². The standard InChI is InChI=1S/C19H17ClN6O3S/c1-12(25-19(27)14-6-15(20)8-16(7-14)30(2,28)29)5-18-23-11-24-26(18)17-4-3-13(9-21)10-22-17/h3-4,6-8,10-12H,5H2,1-2H3,(H,25,27). The minimum Gasteiger partial charge on any atom is -0.349 e. The summed E-state index contributed by atoms with van der Waals surface area (Å²) < 4.78 is 25.1. The van der Waals surface area contributed by atoms with E-state index in [0.717, 1.165) is 6.26 Å². The molecule has 0 saturated carbocycles. The van der Waals surface area contributed by atoms with Crippen LogP contribution in [-0.4, -0.2) is 46.4 Å². The van der Waals surface area contributed by atoms with E-state index in [9.17, 15) is 13.2 Å². The Labute approximate surface area is 178 Å². The zero-order valence-electron chi connectivity index (χ0n) is 16.1. The molecule has 0 saturated heterocycles. The first-order valence-electron chi connectivity index (χ1n) is 8.74. The van der Waals surface area contributed by atoms with E-state index in [4.69, 9.17) is 16.9 Å². The Morgan fingerprint density at radius 3 is 2.70 bits per heavy atom. The lowest BCUT2D eigenvalue weighted by atomic mass is 10.1. The van der Waals surface area contributed by atoms with Gasteiger partial charge in [-0.15, -0.1) is 0 Å². The number of amides is 1. The highest BCUT2D eigenvalue weighted by molar-refractivity contribution is 7.90. The highest BCUT2D eigenvalue weighted by Crippen LogP contribution is 2.19. The van der Waals surface area contributed by atoms with Gasteiger partial charge in [0.1, 0.15) is 18.2 Å². The van der Waals surface area contributed by atoms with Crippen LogP contribution in [-0.2, 0) is 16.3 Å². The van der Waals surface area contributed by atoms with Crippen LogP contribution >= 0.6 is 11.6 Å². The van der Waals surface area contributed by atoms with Gasteiger partial charge in [0.25, 0.3) is 5.91 Å². The van der Waals surface area contributed by atoms with Gasteiger partial charge in [-0.3, -0.25) is 4.79 Å². The molecule has 0 aliphatic rings. The van der Waals surface area contributed by atoms with Crippen LogP contribution in [0.3, 0.4) is 0 Å². The maximum atomic E-state index is 12.6. The molecule has 0 bridgehead atoms. The number of halogens is 1. The molecule has 3 aromatic rings. The summed E-state index contributed by atoms with van der Waals surface area (Å²) in [6.45, 7) is 1.78. The van der Waals surface area contributed by atoms with E-state index in [1.54, 1.807) is 19.1 Å². The molecular weight excluding hydrogens is 428 g/mol. The summed E-state index contributed by atoms with van der Waals surface area (Å²) in [4.78, 5) is 21.0. The summed E-state index contributed by atoms with van der Waals surface area (Å²) in [5.41, 5.74) is 0.570. The molecule has 1 unspecified atom stereocenters. The fourth-order valence-corrected chi connectivity index (χ4v) is 3.70. The number of nitrogens with zero attached hydrogens (tertiary/aromatic N) is 5. The Morgan fingerprint density at radius 2 is 2.07 bits per heavy atom. The van der Waals surface area contributed by atoms with Crippen LogP contribution < -0.4 is 5.32 Å². The normalized spacial score (nSPS) is 12.2. The van der Waals surface area contributed by atoms with Gasteiger partial charge in [-0.2, -0.15) is 15.0 Å². The second-order valence-electron chi connectivity index (χ2n) is 6.63. The van der Waals surface area contributed by atoms with Crippen molar-refractivity contribution in [3.05, 3.63) is 64.8 Å². The number of sulfone groups is 1. The Morgan fingerprint density at radius 1 is 1.30 bits per heavy atom. The molecule has 0 fully saturated rings. The third kappa shape index (κ3) is 5.00. The lowest BCUT2D eigenvalue weighted by molar-refractivity contribution is 0.0939. The van der Waals surface area contributed by atoms with Crippen LogP contribution in [0.25, 0.3) is 5.82 Å². The topological polar surface area (TPSA) is 131 Å². The second-order valence-corrected chi connectivity index (χ2v) is 9.08. The first-order chi connectivity index (χ1) is 14.2. The Hall–Kier alpha value is -3.29. The SMILES string of the molecule is CC(Cc1ncnn1-c1ccc(C#N)cn1)NC(=O)c1cc(Cl)cc(S(C)(=O)=O)c1. The van der Waals surface area contributed by atoms with E-state index in [1.165, 1.54) is 35.4 Å². The van der Waals surface area contributed by atoms with Crippen molar-refractivity contribution in [1.82, 2.24) is 25.1 Å². The second kappa shape index (κ2) is 8.61. The Balaban J connectivity index is 1.75. The molecule has 154 valence electrons. The maximum Gasteiger partial charge on any atom is 0.251 e. The molecule has 11 heteroatoms. The van der Waals surface area contributed by atoms with E-state index in [-0.39, 0.29) is 21.5 Å². The lowest BCUT2D eigenvalue weighted by Crippen LogP contribution is -2.35. The van der Waals surface area contributed by atoms with Crippen molar-refractivity contribution in [2.24, 2.45) is 0 Å². The van der Waals surface area contributed by atoms with Gasteiger partial charge in [0.2, 0.25) is 0 Å². The molecule has 0 spiro atoms. The number of carbonyl (C=O) groups excluding carboxylic acids is 1. The van der Waals surface area contributed by atoms with E-state index in [0.29, 0.717) is 23.6 Å². The number of nitrogens with one attached hydrogen (secondary N) is 1. The average Bonchev–Trinajstić information content (AvgIpc) is 3.14. The van der Waals surface area contributed by atoms with Crippen LogP contribution in [0.2, 0.25) is 5.02 Å². The molecule has 9 nitrogen and oxygen atoms in total. The van der Waals surface area contributed by atoms with E-state index < -0.39 is 15.7 Å². The zero-order valence-corrected chi connectivity index (χ0v) is 17.6. The molecule has 1 amide bonds. The highest BCUT2D eigenvalue weighted by Gasteiger charge is 2.17. The molecule has 1 N–H and O–H groups in total. The first-order valence-corrected chi connectivity index (χ1v) is 11.0. The summed E-state index contributed by atoms with van der Waals surface area (Å²) in [5, 5.41) is 16.0. The fraction of sp³-hybridized carbons (Fsp3) is 0.211. The van der Waals surface area contributed by atoms with Gasteiger partial charge in [0.15, 0.2) is 15.7 Å². The quantitative estimate of drug-likeness (QED) is 0.614. The van der Waals surface area contributed by atoms with Crippen LogP contribution in [0.15, 0.2) is 47.8 Å². The van der Waals surface area contributed by atoms with Crippen molar-refractivity contribution in [3.8, 4) is 11.9 Å². The third-order valence-corrected chi connectivity index (χ3v) is 5.45. The van der Waals surface area contributed by atoms with Crippen molar-refractivity contribution in [1.29, 1.82) is 5.26 Å². The number of pyridine rings is 1. The van der Waals surface area contributed by atoms with Gasteiger partial charge in [0.05, 0.1) is 10.5 Å². The molecule has 2 heterocycles. The van der Waals surface area contributed by atoms with Crippen molar-refractivity contribution in [2.75, 3.05) is 6.26 Å². The predicted octanol–water partition coefficient (Wildman–Crippen LogP) is 1.95. The minimum atomic E-state index is -3.51.